The molecule has 0 N–H and O–H groups in total. The maximum atomic E-state index is 8.79. The van der Waals surface area contributed by atoms with Gasteiger partial charge in [0.2, 0.25) is 0 Å². The molecule has 1 heterocycles. The predicted octanol–water partition coefficient (Wildman–Crippen LogP) is 2.41. The van der Waals surface area contributed by atoms with Gasteiger partial charge in [0, 0.05) is 5.41 Å². The monoisotopic (exact) mass is 229 g/mol. The zero-order chi connectivity index (χ0) is 11.5. The summed E-state index contributed by atoms with van der Waals surface area (Å²) < 4.78 is 4.98. The Morgan fingerprint density at radius 3 is 2.18 bits per heavy atom. The fourth-order valence-corrected chi connectivity index (χ4v) is 4.87. The highest BCUT2D eigenvalue weighted by atomic mass is 16.5. The Morgan fingerprint density at radius 1 is 1.12 bits per heavy atom. The normalized spacial score (nSPS) is 42.6. The van der Waals surface area contributed by atoms with E-state index in [4.69, 9.17) is 9.78 Å². The summed E-state index contributed by atoms with van der Waals surface area (Å²) in [6, 6.07) is 1.94. The van der Waals surface area contributed by atoms with Crippen LogP contribution in [0.25, 0.3) is 0 Å². The van der Waals surface area contributed by atoms with Crippen molar-refractivity contribution in [2.24, 2.45) is 17.8 Å². The maximum absolute atomic E-state index is 8.79. The van der Waals surface area contributed by atoms with Gasteiger partial charge >= 0.3 is 5.89 Å². The second kappa shape index (κ2) is 3.10. The molecule has 5 rings (SSSR count). The third kappa shape index (κ3) is 1.28. The molecule has 0 aromatic carbocycles. The molecule has 1 aromatic heterocycles. The first-order chi connectivity index (χ1) is 8.27. The van der Waals surface area contributed by atoms with Crippen molar-refractivity contribution in [1.29, 1.82) is 5.26 Å². The molecule has 4 nitrogen and oxygen atoms in total. The predicted molar refractivity (Wildman–Crippen MR) is 58.9 cm³/mol. The molecule has 4 heteroatoms. The Kier molecular flexibility index (Phi) is 1.76. The zero-order valence-corrected chi connectivity index (χ0v) is 9.72. The Bertz CT molecular complexity index is 464. The van der Waals surface area contributed by atoms with Crippen LogP contribution in [-0.2, 0) is 5.41 Å². The Labute approximate surface area is 100 Å². The summed E-state index contributed by atoms with van der Waals surface area (Å²) in [6.45, 7) is 0. The first kappa shape index (κ1) is 9.64. The highest BCUT2D eigenvalue weighted by Crippen LogP contribution is 2.60. The van der Waals surface area contributed by atoms with Gasteiger partial charge < -0.3 is 4.52 Å². The van der Waals surface area contributed by atoms with E-state index in [1.807, 2.05) is 6.07 Å². The van der Waals surface area contributed by atoms with Crippen LogP contribution in [0.5, 0.6) is 0 Å². The van der Waals surface area contributed by atoms with Crippen LogP contribution in [0.4, 0.5) is 0 Å². The molecular formula is C13H15N3O. The molecular weight excluding hydrogens is 214 g/mol. The van der Waals surface area contributed by atoms with Crippen LogP contribution in [-0.4, -0.2) is 10.1 Å². The summed E-state index contributed by atoms with van der Waals surface area (Å²) in [5, 5.41) is 12.9. The number of nitriles is 1. The van der Waals surface area contributed by atoms with E-state index in [9.17, 15) is 0 Å². The summed E-state index contributed by atoms with van der Waals surface area (Å²) in [5.41, 5.74) is 0.146. The molecule has 1 aromatic rings. The maximum Gasteiger partial charge on any atom is 0.329 e. The van der Waals surface area contributed by atoms with E-state index >= 15 is 0 Å². The molecule has 17 heavy (non-hydrogen) atoms. The van der Waals surface area contributed by atoms with Crippen LogP contribution in [0.1, 0.15) is 50.2 Å². The van der Waals surface area contributed by atoms with Gasteiger partial charge in [-0.05, 0) is 56.3 Å². The average molecular weight is 229 g/mol. The van der Waals surface area contributed by atoms with Gasteiger partial charge in [0.1, 0.15) is 0 Å². The molecule has 4 saturated carbocycles. The molecule has 0 atom stereocenters. The van der Waals surface area contributed by atoms with Gasteiger partial charge in [0.25, 0.3) is 0 Å². The van der Waals surface area contributed by atoms with Crippen molar-refractivity contribution in [3.63, 3.8) is 0 Å². The Morgan fingerprint density at radius 2 is 1.71 bits per heavy atom. The van der Waals surface area contributed by atoms with Gasteiger partial charge in [-0.1, -0.05) is 5.16 Å². The van der Waals surface area contributed by atoms with Crippen LogP contribution in [0, 0.1) is 29.1 Å². The smallest absolute Gasteiger partial charge is 0.323 e. The minimum atomic E-state index is 0.121. The molecule has 4 bridgehead atoms. The molecule has 0 radical (unpaired) electrons. The van der Waals surface area contributed by atoms with E-state index in [2.05, 4.69) is 10.1 Å². The lowest BCUT2D eigenvalue weighted by Crippen LogP contribution is -2.49. The van der Waals surface area contributed by atoms with Gasteiger partial charge in [-0.15, -0.1) is 0 Å². The number of aromatic nitrogens is 2. The van der Waals surface area contributed by atoms with E-state index in [-0.39, 0.29) is 11.3 Å². The summed E-state index contributed by atoms with van der Waals surface area (Å²) in [5.74, 6) is 3.53. The van der Waals surface area contributed by atoms with E-state index in [0.717, 1.165) is 23.6 Å². The van der Waals surface area contributed by atoms with E-state index in [1.54, 1.807) is 0 Å². The van der Waals surface area contributed by atoms with Gasteiger partial charge in [0.05, 0.1) is 0 Å². The largest absolute Gasteiger partial charge is 0.329 e. The van der Waals surface area contributed by atoms with Crippen LogP contribution < -0.4 is 0 Å². The molecule has 4 aliphatic rings. The minimum Gasteiger partial charge on any atom is -0.323 e. The molecule has 4 aliphatic carbocycles. The highest BCUT2D eigenvalue weighted by molar-refractivity contribution is 5.18. The molecule has 0 spiro atoms. The molecule has 0 saturated heterocycles. The molecule has 0 unspecified atom stereocenters. The third-order valence-corrected chi connectivity index (χ3v) is 5.03. The first-order valence-corrected chi connectivity index (χ1v) is 6.52. The number of hydrogen-bond donors (Lipinski definition) is 0. The third-order valence-electron chi connectivity index (χ3n) is 5.03. The number of nitrogens with zero attached hydrogens (tertiary/aromatic N) is 3. The van der Waals surface area contributed by atoms with Crippen molar-refractivity contribution in [1.82, 2.24) is 10.1 Å². The molecule has 0 aliphatic heterocycles. The Balaban J connectivity index is 1.75. The van der Waals surface area contributed by atoms with Gasteiger partial charge in [-0.3, -0.25) is 0 Å². The second-order valence-corrected chi connectivity index (χ2v) is 6.23. The summed E-state index contributed by atoms with van der Waals surface area (Å²) in [6.07, 6.45) is 7.85. The van der Waals surface area contributed by atoms with Gasteiger partial charge in [-0.25, -0.2) is 0 Å². The van der Waals surface area contributed by atoms with Crippen LogP contribution >= 0.6 is 0 Å². The first-order valence-electron chi connectivity index (χ1n) is 6.52. The lowest BCUT2D eigenvalue weighted by molar-refractivity contribution is -0.0103. The van der Waals surface area contributed by atoms with Crippen molar-refractivity contribution in [3.05, 3.63) is 11.7 Å². The average Bonchev–Trinajstić information content (AvgIpc) is 2.76. The van der Waals surface area contributed by atoms with E-state index in [1.165, 1.54) is 38.5 Å². The van der Waals surface area contributed by atoms with Crippen LogP contribution in [0.3, 0.4) is 0 Å². The van der Waals surface area contributed by atoms with E-state index in [0.29, 0.717) is 0 Å². The topological polar surface area (TPSA) is 62.7 Å². The molecule has 4 fully saturated rings. The fraction of sp³-hybridized carbons (Fsp3) is 0.769. The SMILES string of the molecule is N#Cc1nc(C23CC4CC(CC(C4)C2)C3)no1. The minimum absolute atomic E-state index is 0.121. The molecule has 88 valence electrons. The second-order valence-electron chi connectivity index (χ2n) is 6.23. The molecule has 0 amide bonds. The van der Waals surface area contributed by atoms with E-state index < -0.39 is 0 Å². The zero-order valence-electron chi connectivity index (χ0n) is 9.72. The quantitative estimate of drug-likeness (QED) is 0.741. The van der Waals surface area contributed by atoms with Crippen molar-refractivity contribution in [2.75, 3.05) is 0 Å². The van der Waals surface area contributed by atoms with Gasteiger partial charge in [0.15, 0.2) is 11.9 Å². The number of rotatable bonds is 1. The summed E-state index contributed by atoms with van der Waals surface area (Å²) in [7, 11) is 0. The standard InChI is InChI=1S/C13H15N3O/c14-7-11-15-12(16-17-11)13-4-8-1-9(5-13)3-10(2-8)6-13/h8-10H,1-6H2. The van der Waals surface area contributed by atoms with Crippen molar-refractivity contribution in [2.45, 2.75) is 43.9 Å². The van der Waals surface area contributed by atoms with Gasteiger partial charge in [-0.2, -0.15) is 10.2 Å². The number of hydrogen-bond acceptors (Lipinski definition) is 4. The van der Waals surface area contributed by atoms with Crippen LogP contribution in [0.2, 0.25) is 0 Å². The van der Waals surface area contributed by atoms with Crippen LogP contribution in [0.15, 0.2) is 4.52 Å². The highest BCUT2D eigenvalue weighted by Gasteiger charge is 2.53. The lowest BCUT2D eigenvalue weighted by Gasteiger charge is -2.55. The van der Waals surface area contributed by atoms with Crippen molar-refractivity contribution < 1.29 is 4.52 Å². The lowest BCUT2D eigenvalue weighted by atomic mass is 9.49. The Hall–Kier alpha value is -1.37. The van der Waals surface area contributed by atoms with Crippen molar-refractivity contribution >= 4 is 0 Å². The fourth-order valence-electron chi connectivity index (χ4n) is 4.87. The summed E-state index contributed by atoms with van der Waals surface area (Å²) >= 11 is 0. The van der Waals surface area contributed by atoms with Crippen molar-refractivity contribution in [3.8, 4) is 6.07 Å². The summed E-state index contributed by atoms with van der Waals surface area (Å²) in [4.78, 5) is 4.28.